The predicted octanol–water partition coefficient (Wildman–Crippen LogP) is 4.23. The van der Waals surface area contributed by atoms with Crippen molar-refractivity contribution in [3.05, 3.63) is 48.8 Å². The number of hydrogen-bond donors (Lipinski definition) is 2. The van der Waals surface area contributed by atoms with Gasteiger partial charge in [0.25, 0.3) is 0 Å². The number of rotatable bonds is 10. The molecule has 0 fully saturated rings. The molecule has 8 heteroatoms. The third-order valence-corrected chi connectivity index (χ3v) is 5.54. The summed E-state index contributed by atoms with van der Waals surface area (Å²) < 4.78 is 2.12. The molecule has 0 radical (unpaired) electrons. The molecule has 0 bridgehead atoms. The van der Waals surface area contributed by atoms with Gasteiger partial charge in [0.15, 0.2) is 11.0 Å². The Kier molecular flexibility index (Phi) is 7.63. The molecule has 0 saturated carbocycles. The first-order chi connectivity index (χ1) is 14.2. The van der Waals surface area contributed by atoms with Crippen molar-refractivity contribution in [1.82, 2.24) is 19.7 Å². The Labute approximate surface area is 175 Å². The summed E-state index contributed by atoms with van der Waals surface area (Å²) in [6, 6.07) is 11.2. The van der Waals surface area contributed by atoms with E-state index >= 15 is 0 Å². The van der Waals surface area contributed by atoms with Gasteiger partial charge in [0.2, 0.25) is 5.91 Å². The van der Waals surface area contributed by atoms with E-state index in [0.717, 1.165) is 48.1 Å². The first kappa shape index (κ1) is 20.9. The minimum absolute atomic E-state index is 0.00303. The number of carbonyl (C=O) groups is 1. The summed E-state index contributed by atoms with van der Waals surface area (Å²) in [6.07, 6.45) is 6.88. The third kappa shape index (κ3) is 5.80. The van der Waals surface area contributed by atoms with Crippen LogP contribution in [0.4, 0.5) is 11.4 Å². The quantitative estimate of drug-likeness (QED) is 0.295. The van der Waals surface area contributed by atoms with E-state index in [1.165, 1.54) is 0 Å². The van der Waals surface area contributed by atoms with Crippen LogP contribution in [0.15, 0.2) is 53.9 Å². The van der Waals surface area contributed by atoms with Gasteiger partial charge in [-0.3, -0.25) is 9.78 Å². The molecule has 3 aromatic rings. The summed E-state index contributed by atoms with van der Waals surface area (Å²) in [6.45, 7) is 2.91. The number of nitrogens with two attached hydrogens (primary N) is 1. The number of unbranched alkanes of at least 4 members (excludes halogenated alkanes) is 2. The molecule has 0 aliphatic rings. The largest absolute Gasteiger partial charge is 0.397 e. The van der Waals surface area contributed by atoms with Crippen molar-refractivity contribution < 1.29 is 4.79 Å². The molecule has 0 aliphatic carbocycles. The molecular formula is C21H26N6OS. The highest BCUT2D eigenvalue weighted by atomic mass is 32.2. The van der Waals surface area contributed by atoms with Crippen LogP contribution in [0.1, 0.15) is 32.6 Å². The average molecular weight is 411 g/mol. The van der Waals surface area contributed by atoms with Gasteiger partial charge < -0.3 is 15.6 Å². The maximum Gasteiger partial charge on any atom is 0.224 e. The van der Waals surface area contributed by atoms with Crippen LogP contribution in [-0.4, -0.2) is 31.4 Å². The molecule has 0 spiro atoms. The second-order valence-corrected chi connectivity index (χ2v) is 7.64. The summed E-state index contributed by atoms with van der Waals surface area (Å²) in [5.41, 5.74) is 8.13. The predicted molar refractivity (Wildman–Crippen MR) is 118 cm³/mol. The molecular weight excluding hydrogens is 384 g/mol. The molecule has 0 saturated heterocycles. The lowest BCUT2D eigenvalue weighted by Crippen LogP contribution is -2.12. The lowest BCUT2D eigenvalue weighted by molar-refractivity contribution is -0.116. The van der Waals surface area contributed by atoms with Crippen molar-refractivity contribution in [2.75, 3.05) is 16.8 Å². The summed E-state index contributed by atoms with van der Waals surface area (Å²) in [7, 11) is 0. The second-order valence-electron chi connectivity index (χ2n) is 6.58. The van der Waals surface area contributed by atoms with Gasteiger partial charge in [0, 0.05) is 36.7 Å². The van der Waals surface area contributed by atoms with Crippen molar-refractivity contribution >= 4 is 29.0 Å². The van der Waals surface area contributed by atoms with Crippen molar-refractivity contribution in [2.45, 2.75) is 44.3 Å². The third-order valence-electron chi connectivity index (χ3n) is 4.49. The number of thioether (sulfide) groups is 1. The van der Waals surface area contributed by atoms with Gasteiger partial charge in [0.1, 0.15) is 0 Å². The van der Waals surface area contributed by atoms with E-state index in [0.29, 0.717) is 17.8 Å². The monoisotopic (exact) mass is 410 g/mol. The molecule has 7 nitrogen and oxygen atoms in total. The maximum absolute atomic E-state index is 12.0. The number of carbonyl (C=O) groups excluding carboxylic acids is 1. The smallest absolute Gasteiger partial charge is 0.224 e. The normalized spacial score (nSPS) is 10.8. The number of anilines is 2. The van der Waals surface area contributed by atoms with E-state index in [4.69, 9.17) is 5.73 Å². The number of hydrogen-bond acceptors (Lipinski definition) is 6. The Bertz CT molecular complexity index is 928. The zero-order chi connectivity index (χ0) is 20.5. The number of nitrogens with zero attached hydrogens (tertiary/aromatic N) is 4. The molecule has 0 unspecified atom stereocenters. The van der Waals surface area contributed by atoms with Crippen LogP contribution in [-0.2, 0) is 11.3 Å². The van der Waals surface area contributed by atoms with Crippen LogP contribution in [0.5, 0.6) is 0 Å². The number of para-hydroxylation sites is 2. The fourth-order valence-corrected chi connectivity index (χ4v) is 3.95. The number of pyridine rings is 1. The Morgan fingerprint density at radius 3 is 2.66 bits per heavy atom. The standard InChI is InChI=1S/C21H26N6OS/c1-2-27-20(16-11-13-23-14-12-16)25-26-21(27)29-15-7-3-4-10-19(28)24-18-9-6-5-8-17(18)22/h5-6,8-9,11-14H,2-4,7,10,15,22H2,1H3,(H,24,28). The van der Waals surface area contributed by atoms with Gasteiger partial charge in [0.05, 0.1) is 11.4 Å². The lowest BCUT2D eigenvalue weighted by Gasteiger charge is -2.08. The summed E-state index contributed by atoms with van der Waals surface area (Å²) >= 11 is 1.71. The van der Waals surface area contributed by atoms with Crippen LogP contribution in [0.2, 0.25) is 0 Å². The molecule has 29 heavy (non-hydrogen) atoms. The zero-order valence-electron chi connectivity index (χ0n) is 16.5. The number of nitrogen functional groups attached to an aromatic ring is 1. The minimum atomic E-state index is 0.00303. The first-order valence-electron chi connectivity index (χ1n) is 9.79. The highest BCUT2D eigenvalue weighted by molar-refractivity contribution is 7.99. The Hall–Kier alpha value is -2.87. The van der Waals surface area contributed by atoms with Crippen LogP contribution in [0, 0.1) is 0 Å². The van der Waals surface area contributed by atoms with Crippen molar-refractivity contribution in [1.29, 1.82) is 0 Å². The maximum atomic E-state index is 12.0. The molecule has 152 valence electrons. The van der Waals surface area contributed by atoms with Crippen LogP contribution in [0.3, 0.4) is 0 Å². The van der Waals surface area contributed by atoms with Gasteiger partial charge in [-0.25, -0.2) is 0 Å². The fourth-order valence-electron chi connectivity index (χ4n) is 2.95. The summed E-state index contributed by atoms with van der Waals surface area (Å²) in [4.78, 5) is 16.1. The van der Waals surface area contributed by atoms with Gasteiger partial charge in [-0.1, -0.05) is 30.3 Å². The van der Waals surface area contributed by atoms with E-state index < -0.39 is 0 Å². The average Bonchev–Trinajstić information content (AvgIpc) is 3.15. The molecule has 3 rings (SSSR count). The SMILES string of the molecule is CCn1c(SCCCCCC(=O)Nc2ccccc2N)nnc1-c1ccncc1. The van der Waals surface area contributed by atoms with Gasteiger partial charge in [-0.15, -0.1) is 10.2 Å². The lowest BCUT2D eigenvalue weighted by atomic mass is 10.2. The number of amides is 1. The second kappa shape index (κ2) is 10.6. The molecule has 0 atom stereocenters. The van der Waals surface area contributed by atoms with E-state index in [9.17, 15) is 4.79 Å². The molecule has 2 heterocycles. The minimum Gasteiger partial charge on any atom is -0.397 e. The number of aromatic nitrogens is 4. The molecule has 3 N–H and O–H groups in total. The van der Waals surface area contributed by atoms with E-state index in [-0.39, 0.29) is 5.91 Å². The Balaban J connectivity index is 1.39. The Morgan fingerprint density at radius 2 is 1.90 bits per heavy atom. The molecule has 1 aromatic carbocycles. The highest BCUT2D eigenvalue weighted by Crippen LogP contribution is 2.24. The highest BCUT2D eigenvalue weighted by Gasteiger charge is 2.12. The zero-order valence-corrected chi connectivity index (χ0v) is 17.4. The van der Waals surface area contributed by atoms with Crippen LogP contribution in [0.25, 0.3) is 11.4 Å². The molecule has 0 aliphatic heterocycles. The van der Waals surface area contributed by atoms with Gasteiger partial charge in [-0.2, -0.15) is 0 Å². The Morgan fingerprint density at radius 1 is 1.10 bits per heavy atom. The number of nitrogens with one attached hydrogen (secondary N) is 1. The summed E-state index contributed by atoms with van der Waals surface area (Å²) in [5.74, 6) is 1.82. The van der Waals surface area contributed by atoms with Gasteiger partial charge >= 0.3 is 0 Å². The number of benzene rings is 1. The van der Waals surface area contributed by atoms with Crippen LogP contribution < -0.4 is 11.1 Å². The molecule has 1 amide bonds. The van der Waals surface area contributed by atoms with Crippen molar-refractivity contribution in [3.8, 4) is 11.4 Å². The van der Waals surface area contributed by atoms with E-state index in [1.807, 2.05) is 30.3 Å². The van der Waals surface area contributed by atoms with E-state index in [1.54, 1.807) is 30.2 Å². The fraction of sp³-hybridized carbons (Fsp3) is 0.333. The first-order valence-corrected chi connectivity index (χ1v) is 10.8. The van der Waals surface area contributed by atoms with Gasteiger partial charge in [-0.05, 0) is 44.0 Å². The van der Waals surface area contributed by atoms with E-state index in [2.05, 4.69) is 32.0 Å². The molecule has 2 aromatic heterocycles. The van der Waals surface area contributed by atoms with Crippen molar-refractivity contribution in [2.24, 2.45) is 0 Å². The van der Waals surface area contributed by atoms with Crippen LogP contribution >= 0.6 is 11.8 Å². The summed E-state index contributed by atoms with van der Waals surface area (Å²) in [5, 5.41) is 12.5. The van der Waals surface area contributed by atoms with Crippen molar-refractivity contribution in [3.63, 3.8) is 0 Å². The topological polar surface area (TPSA) is 98.7 Å².